The number of aryl methyl sites for hydroxylation is 1. The molecular formula is C13H22N4O. The molecule has 5 heteroatoms. The van der Waals surface area contributed by atoms with Crippen LogP contribution in [-0.2, 0) is 7.05 Å². The summed E-state index contributed by atoms with van der Waals surface area (Å²) in [5.74, 6) is 0.0578. The van der Waals surface area contributed by atoms with Crippen LogP contribution in [0.3, 0.4) is 0 Å². The van der Waals surface area contributed by atoms with E-state index >= 15 is 0 Å². The molecule has 1 fully saturated rings. The lowest BCUT2D eigenvalue weighted by molar-refractivity contribution is 0.0569. The van der Waals surface area contributed by atoms with Crippen LogP contribution in [0, 0.1) is 0 Å². The summed E-state index contributed by atoms with van der Waals surface area (Å²) in [6.07, 6.45) is 3.83. The molecule has 0 aromatic carbocycles. The lowest BCUT2D eigenvalue weighted by atomic mass is 10.0. The Labute approximate surface area is 108 Å². The lowest BCUT2D eigenvalue weighted by Gasteiger charge is -2.39. The van der Waals surface area contributed by atoms with Crippen molar-refractivity contribution >= 4 is 5.91 Å². The minimum atomic E-state index is 0.0578. The van der Waals surface area contributed by atoms with Crippen molar-refractivity contribution in [2.24, 2.45) is 7.05 Å². The maximum Gasteiger partial charge on any atom is 0.274 e. The zero-order chi connectivity index (χ0) is 13.1. The van der Waals surface area contributed by atoms with Gasteiger partial charge in [0.15, 0.2) is 0 Å². The molecule has 2 atom stereocenters. The zero-order valence-electron chi connectivity index (χ0n) is 11.4. The molecule has 0 radical (unpaired) electrons. The third-order valence-corrected chi connectivity index (χ3v) is 3.66. The fourth-order valence-corrected chi connectivity index (χ4v) is 2.43. The molecular weight excluding hydrogens is 228 g/mol. The maximum absolute atomic E-state index is 12.5. The van der Waals surface area contributed by atoms with Crippen LogP contribution in [0.25, 0.3) is 0 Å². The van der Waals surface area contributed by atoms with Crippen molar-refractivity contribution < 1.29 is 4.79 Å². The first-order valence-corrected chi connectivity index (χ1v) is 6.69. The van der Waals surface area contributed by atoms with E-state index in [1.54, 1.807) is 10.7 Å². The molecule has 1 saturated heterocycles. The fourth-order valence-electron chi connectivity index (χ4n) is 2.43. The third kappa shape index (κ3) is 2.56. The van der Waals surface area contributed by atoms with E-state index in [2.05, 4.69) is 24.3 Å². The van der Waals surface area contributed by atoms with Crippen molar-refractivity contribution in [3.8, 4) is 0 Å². The van der Waals surface area contributed by atoms with Gasteiger partial charge in [0.05, 0.1) is 0 Å². The van der Waals surface area contributed by atoms with Crippen molar-refractivity contribution in [2.75, 3.05) is 13.1 Å². The van der Waals surface area contributed by atoms with Crippen LogP contribution in [0.1, 0.15) is 37.2 Å². The average Bonchev–Trinajstić information content (AvgIpc) is 2.83. The summed E-state index contributed by atoms with van der Waals surface area (Å²) in [5, 5.41) is 7.70. The molecule has 18 heavy (non-hydrogen) atoms. The molecule has 2 rings (SSSR count). The Hall–Kier alpha value is -1.36. The Bertz CT molecular complexity index is 415. The van der Waals surface area contributed by atoms with Gasteiger partial charge in [-0.2, -0.15) is 5.10 Å². The van der Waals surface area contributed by atoms with Crippen molar-refractivity contribution in [1.82, 2.24) is 20.0 Å². The summed E-state index contributed by atoms with van der Waals surface area (Å²) in [7, 11) is 1.83. The Morgan fingerprint density at radius 3 is 2.83 bits per heavy atom. The SMILES string of the molecule is CCC1CN(C(=O)c2ccn(C)n2)C(CC)CN1. The van der Waals surface area contributed by atoms with Crippen molar-refractivity contribution in [3.63, 3.8) is 0 Å². The molecule has 1 amide bonds. The van der Waals surface area contributed by atoms with Crippen molar-refractivity contribution in [1.29, 1.82) is 0 Å². The molecule has 1 aromatic rings. The number of aromatic nitrogens is 2. The van der Waals surface area contributed by atoms with Gasteiger partial charge in [-0.3, -0.25) is 9.48 Å². The van der Waals surface area contributed by atoms with Crippen molar-refractivity contribution in [3.05, 3.63) is 18.0 Å². The third-order valence-electron chi connectivity index (χ3n) is 3.66. The summed E-state index contributed by atoms with van der Waals surface area (Å²) >= 11 is 0. The van der Waals surface area contributed by atoms with Gasteiger partial charge in [-0.1, -0.05) is 13.8 Å². The maximum atomic E-state index is 12.5. The molecule has 2 heterocycles. The smallest absolute Gasteiger partial charge is 0.274 e. The summed E-state index contributed by atoms with van der Waals surface area (Å²) in [5.41, 5.74) is 0.549. The quantitative estimate of drug-likeness (QED) is 0.871. The number of rotatable bonds is 3. The highest BCUT2D eigenvalue weighted by Crippen LogP contribution is 2.15. The van der Waals surface area contributed by atoms with E-state index in [9.17, 15) is 4.79 Å². The standard InChI is InChI=1S/C13H22N4O/c1-4-10-9-17(11(5-2)8-14-10)13(18)12-6-7-16(3)15-12/h6-7,10-11,14H,4-5,8-9H2,1-3H3. The first-order valence-electron chi connectivity index (χ1n) is 6.69. The van der Waals surface area contributed by atoms with E-state index < -0.39 is 0 Å². The molecule has 1 aliphatic rings. The normalized spacial score (nSPS) is 24.3. The van der Waals surface area contributed by atoms with Crippen LogP contribution < -0.4 is 5.32 Å². The number of piperazine rings is 1. The highest BCUT2D eigenvalue weighted by molar-refractivity contribution is 5.92. The first kappa shape index (κ1) is 13.1. The summed E-state index contributed by atoms with van der Waals surface area (Å²) < 4.78 is 1.67. The summed E-state index contributed by atoms with van der Waals surface area (Å²) in [6.45, 7) is 5.93. The van der Waals surface area contributed by atoms with E-state index in [0.717, 1.165) is 25.9 Å². The summed E-state index contributed by atoms with van der Waals surface area (Å²) in [6, 6.07) is 2.47. The van der Waals surface area contributed by atoms with Crippen LogP contribution in [0.4, 0.5) is 0 Å². The molecule has 1 aliphatic heterocycles. The van der Waals surface area contributed by atoms with E-state index in [0.29, 0.717) is 11.7 Å². The summed E-state index contributed by atoms with van der Waals surface area (Å²) in [4.78, 5) is 14.4. The molecule has 1 aromatic heterocycles. The molecule has 0 saturated carbocycles. The van der Waals surface area contributed by atoms with Crippen LogP contribution in [-0.4, -0.2) is 45.8 Å². The highest BCUT2D eigenvalue weighted by atomic mass is 16.2. The highest BCUT2D eigenvalue weighted by Gasteiger charge is 2.30. The Morgan fingerprint density at radius 1 is 1.50 bits per heavy atom. The second-order valence-corrected chi connectivity index (χ2v) is 4.91. The Kier molecular flexibility index (Phi) is 4.01. The molecule has 100 valence electrons. The van der Waals surface area contributed by atoms with Crippen molar-refractivity contribution in [2.45, 2.75) is 38.8 Å². The molecule has 2 unspecified atom stereocenters. The lowest BCUT2D eigenvalue weighted by Crippen LogP contribution is -2.58. The first-order chi connectivity index (χ1) is 8.65. The van der Waals surface area contributed by atoms with Crippen LogP contribution in [0.2, 0.25) is 0 Å². The second kappa shape index (κ2) is 5.52. The number of hydrogen-bond acceptors (Lipinski definition) is 3. The van der Waals surface area contributed by atoms with Gasteiger partial charge < -0.3 is 10.2 Å². The van der Waals surface area contributed by atoms with Crippen LogP contribution in [0.5, 0.6) is 0 Å². The van der Waals surface area contributed by atoms with E-state index in [1.165, 1.54) is 0 Å². The van der Waals surface area contributed by atoms with Gasteiger partial charge in [0.25, 0.3) is 5.91 Å². The fraction of sp³-hybridized carbons (Fsp3) is 0.692. The zero-order valence-corrected chi connectivity index (χ0v) is 11.4. The predicted molar refractivity (Wildman–Crippen MR) is 70.4 cm³/mol. The number of amides is 1. The number of nitrogens with zero attached hydrogens (tertiary/aromatic N) is 3. The number of carbonyl (C=O) groups excluding carboxylic acids is 1. The second-order valence-electron chi connectivity index (χ2n) is 4.91. The van der Waals surface area contributed by atoms with Crippen LogP contribution in [0.15, 0.2) is 12.3 Å². The minimum absolute atomic E-state index is 0.0578. The van der Waals surface area contributed by atoms with Crippen LogP contribution >= 0.6 is 0 Å². The number of carbonyl (C=O) groups is 1. The molecule has 1 N–H and O–H groups in total. The van der Waals surface area contributed by atoms with Gasteiger partial charge in [-0.05, 0) is 18.9 Å². The van der Waals surface area contributed by atoms with Gasteiger partial charge in [-0.15, -0.1) is 0 Å². The molecule has 0 aliphatic carbocycles. The van der Waals surface area contributed by atoms with Gasteiger partial charge in [0, 0.05) is 38.4 Å². The minimum Gasteiger partial charge on any atom is -0.331 e. The van der Waals surface area contributed by atoms with E-state index in [1.807, 2.05) is 18.1 Å². The van der Waals surface area contributed by atoms with Gasteiger partial charge in [0.2, 0.25) is 0 Å². The predicted octanol–water partition coefficient (Wildman–Crippen LogP) is 1.02. The number of hydrogen-bond donors (Lipinski definition) is 1. The Morgan fingerprint density at radius 2 is 2.28 bits per heavy atom. The van der Waals surface area contributed by atoms with E-state index in [4.69, 9.17) is 0 Å². The monoisotopic (exact) mass is 250 g/mol. The van der Waals surface area contributed by atoms with E-state index in [-0.39, 0.29) is 11.9 Å². The van der Waals surface area contributed by atoms with Gasteiger partial charge >= 0.3 is 0 Å². The topological polar surface area (TPSA) is 50.2 Å². The average molecular weight is 250 g/mol. The molecule has 5 nitrogen and oxygen atoms in total. The number of nitrogens with one attached hydrogen (secondary N) is 1. The largest absolute Gasteiger partial charge is 0.331 e. The van der Waals surface area contributed by atoms with Gasteiger partial charge in [0.1, 0.15) is 5.69 Å². The Balaban J connectivity index is 2.14. The molecule has 0 bridgehead atoms. The van der Waals surface area contributed by atoms with Gasteiger partial charge in [-0.25, -0.2) is 0 Å². The molecule has 0 spiro atoms.